The second-order valence-corrected chi connectivity index (χ2v) is 9.67. The molecule has 0 saturated carbocycles. The zero-order valence-corrected chi connectivity index (χ0v) is 17.5. The van der Waals surface area contributed by atoms with Crippen molar-refractivity contribution < 1.29 is 22.0 Å². The number of hydrogen-bond donors (Lipinski definition) is 1. The molecule has 1 aromatic rings. The lowest BCUT2D eigenvalue weighted by atomic mass is 9.96. The molecule has 2 saturated heterocycles. The van der Waals surface area contributed by atoms with E-state index in [9.17, 15) is 27.3 Å². The van der Waals surface area contributed by atoms with Gasteiger partial charge in [0.05, 0.1) is 17.0 Å². The number of sulfonamides is 1. The molecule has 3 rings (SSSR count). The van der Waals surface area contributed by atoms with E-state index in [1.54, 1.807) is 17.0 Å². The van der Waals surface area contributed by atoms with Crippen molar-refractivity contribution in [2.75, 3.05) is 32.7 Å². The fourth-order valence-corrected chi connectivity index (χ4v) is 5.67. The molecule has 10 heteroatoms. The molecule has 164 valence electrons. The van der Waals surface area contributed by atoms with Crippen molar-refractivity contribution in [1.82, 2.24) is 14.5 Å². The van der Waals surface area contributed by atoms with Crippen LogP contribution in [0.5, 0.6) is 0 Å². The Morgan fingerprint density at radius 2 is 1.77 bits per heavy atom. The summed E-state index contributed by atoms with van der Waals surface area (Å²) in [6.45, 7) is 1.26. The number of amides is 1. The Morgan fingerprint density at radius 3 is 2.37 bits per heavy atom. The van der Waals surface area contributed by atoms with Crippen LogP contribution >= 0.6 is 0 Å². The molecule has 30 heavy (non-hydrogen) atoms. The van der Waals surface area contributed by atoms with Crippen molar-refractivity contribution in [2.45, 2.75) is 43.0 Å². The summed E-state index contributed by atoms with van der Waals surface area (Å²) in [5.74, 6) is -0.376. The second kappa shape index (κ2) is 9.81. The van der Waals surface area contributed by atoms with Gasteiger partial charge < -0.3 is 5.32 Å². The number of hydrogen-bond acceptors (Lipinski definition) is 5. The molecule has 2 aliphatic rings. The van der Waals surface area contributed by atoms with Gasteiger partial charge in [0.1, 0.15) is 6.07 Å². The second-order valence-electron chi connectivity index (χ2n) is 7.76. The zero-order valence-electron chi connectivity index (χ0n) is 16.6. The van der Waals surface area contributed by atoms with E-state index < -0.39 is 16.4 Å². The minimum absolute atomic E-state index is 0.00837. The maximum Gasteiger partial charge on any atom is 0.251 e. The third-order valence-corrected chi connectivity index (χ3v) is 7.74. The number of rotatable bonds is 6. The predicted octanol–water partition coefficient (Wildman–Crippen LogP) is 1.80. The summed E-state index contributed by atoms with van der Waals surface area (Å²) < 4.78 is 52.0. The Bertz CT molecular complexity index is 888. The summed E-state index contributed by atoms with van der Waals surface area (Å²) in [7, 11) is -3.78. The number of nitriles is 1. The zero-order chi connectivity index (χ0) is 21.7. The van der Waals surface area contributed by atoms with E-state index in [2.05, 4.69) is 5.32 Å². The molecule has 0 atom stereocenters. The monoisotopic (exact) mass is 440 g/mol. The molecule has 0 unspecified atom stereocenters. The minimum atomic E-state index is -3.78. The Balaban J connectivity index is 1.51. The van der Waals surface area contributed by atoms with Crippen molar-refractivity contribution in [3.05, 3.63) is 29.8 Å². The number of benzene rings is 1. The predicted molar refractivity (Wildman–Crippen MR) is 106 cm³/mol. The Kier molecular flexibility index (Phi) is 7.39. The van der Waals surface area contributed by atoms with Crippen molar-refractivity contribution in [3.8, 4) is 6.07 Å². The number of nitrogens with one attached hydrogen (secondary N) is 1. The van der Waals surface area contributed by atoms with Crippen LogP contribution in [0, 0.1) is 17.2 Å². The highest BCUT2D eigenvalue weighted by Gasteiger charge is 2.34. The van der Waals surface area contributed by atoms with Crippen LogP contribution in [0.25, 0.3) is 0 Å². The van der Waals surface area contributed by atoms with E-state index in [1.165, 1.54) is 16.4 Å². The number of alkyl halides is 2. The van der Waals surface area contributed by atoms with Crippen LogP contribution in [-0.2, 0) is 14.8 Å². The summed E-state index contributed by atoms with van der Waals surface area (Å²) in [6, 6.07) is 7.98. The standard InChI is InChI=1S/C20H26F2N4O3S/c21-19(22)14-25-9-7-17(8-10-25)24-20(27)15-5-11-26(12-6-15)30(28,29)18-4-2-1-3-16(18)13-23/h1-4,15,17,19H,5-12,14H2,(H,24,27). The van der Waals surface area contributed by atoms with Crippen LogP contribution < -0.4 is 5.32 Å². The molecule has 0 radical (unpaired) electrons. The van der Waals surface area contributed by atoms with Gasteiger partial charge >= 0.3 is 0 Å². The Labute approximate surface area is 175 Å². The molecule has 0 aromatic heterocycles. The molecule has 1 aromatic carbocycles. The molecule has 0 spiro atoms. The van der Waals surface area contributed by atoms with E-state index in [0.29, 0.717) is 38.8 Å². The molecule has 0 aliphatic carbocycles. The molecule has 0 bridgehead atoms. The Morgan fingerprint density at radius 1 is 1.13 bits per heavy atom. The van der Waals surface area contributed by atoms with Gasteiger partial charge in [0.15, 0.2) is 0 Å². The fraction of sp³-hybridized carbons (Fsp3) is 0.600. The first-order chi connectivity index (χ1) is 14.3. The van der Waals surface area contributed by atoms with Crippen molar-refractivity contribution in [1.29, 1.82) is 5.26 Å². The van der Waals surface area contributed by atoms with Crippen LogP contribution in [0.2, 0.25) is 0 Å². The van der Waals surface area contributed by atoms with E-state index in [1.807, 2.05) is 6.07 Å². The highest BCUT2D eigenvalue weighted by molar-refractivity contribution is 7.89. The molecule has 7 nitrogen and oxygen atoms in total. The molecular weight excluding hydrogens is 414 g/mol. The first-order valence-electron chi connectivity index (χ1n) is 10.1. The van der Waals surface area contributed by atoms with Gasteiger partial charge in [-0.1, -0.05) is 12.1 Å². The van der Waals surface area contributed by atoms with E-state index in [4.69, 9.17) is 0 Å². The first-order valence-corrected chi connectivity index (χ1v) is 11.6. The van der Waals surface area contributed by atoms with E-state index in [0.717, 1.165) is 0 Å². The highest BCUT2D eigenvalue weighted by atomic mass is 32.2. The average molecular weight is 441 g/mol. The highest BCUT2D eigenvalue weighted by Crippen LogP contribution is 2.26. The van der Waals surface area contributed by atoms with Crippen molar-refractivity contribution in [2.24, 2.45) is 5.92 Å². The van der Waals surface area contributed by atoms with Gasteiger partial charge in [0.2, 0.25) is 15.9 Å². The van der Waals surface area contributed by atoms with Crippen molar-refractivity contribution >= 4 is 15.9 Å². The summed E-state index contributed by atoms with van der Waals surface area (Å²) in [5.41, 5.74) is 0.107. The van der Waals surface area contributed by atoms with E-state index >= 15 is 0 Å². The van der Waals surface area contributed by atoms with Crippen LogP contribution in [0.4, 0.5) is 8.78 Å². The average Bonchev–Trinajstić information content (AvgIpc) is 2.74. The molecular formula is C20H26F2N4O3S. The lowest BCUT2D eigenvalue weighted by Crippen LogP contribution is -2.49. The molecule has 2 aliphatic heterocycles. The normalized spacial score (nSPS) is 20.2. The van der Waals surface area contributed by atoms with Gasteiger partial charge in [0, 0.05) is 38.1 Å². The number of nitrogens with zero attached hydrogens (tertiary/aromatic N) is 3. The number of carbonyl (C=O) groups is 1. The fourth-order valence-electron chi connectivity index (χ4n) is 4.06. The van der Waals surface area contributed by atoms with Crippen LogP contribution in [0.1, 0.15) is 31.2 Å². The van der Waals surface area contributed by atoms with Crippen LogP contribution in [0.3, 0.4) is 0 Å². The van der Waals surface area contributed by atoms with Gasteiger partial charge in [0.25, 0.3) is 6.43 Å². The third-order valence-electron chi connectivity index (χ3n) is 5.78. The lowest BCUT2D eigenvalue weighted by Gasteiger charge is -2.34. The molecule has 2 fully saturated rings. The number of piperidine rings is 2. The first kappa shape index (κ1) is 22.6. The van der Waals surface area contributed by atoms with Gasteiger partial charge in [-0.3, -0.25) is 9.69 Å². The summed E-state index contributed by atoms with van der Waals surface area (Å²) in [6.07, 6.45) is -0.265. The van der Waals surface area contributed by atoms with Gasteiger partial charge in [-0.05, 0) is 37.8 Å². The van der Waals surface area contributed by atoms with Crippen LogP contribution in [-0.4, -0.2) is 68.7 Å². The van der Waals surface area contributed by atoms with E-state index in [-0.39, 0.29) is 48.0 Å². The topological polar surface area (TPSA) is 93.5 Å². The van der Waals surface area contributed by atoms with Crippen LogP contribution in [0.15, 0.2) is 29.2 Å². The summed E-state index contributed by atoms with van der Waals surface area (Å²) in [4.78, 5) is 14.3. The Hall–Kier alpha value is -2.09. The largest absolute Gasteiger partial charge is 0.353 e. The summed E-state index contributed by atoms with van der Waals surface area (Å²) >= 11 is 0. The number of likely N-dealkylation sites (tertiary alicyclic amines) is 1. The third kappa shape index (κ3) is 5.33. The maximum absolute atomic E-state index is 12.9. The number of halogens is 2. The molecule has 2 heterocycles. The quantitative estimate of drug-likeness (QED) is 0.728. The minimum Gasteiger partial charge on any atom is -0.353 e. The number of carbonyl (C=O) groups excluding carboxylic acids is 1. The van der Waals surface area contributed by atoms with Gasteiger partial charge in [-0.2, -0.15) is 9.57 Å². The SMILES string of the molecule is N#Cc1ccccc1S(=O)(=O)N1CCC(C(=O)NC2CCN(CC(F)F)CC2)CC1. The molecule has 1 N–H and O–H groups in total. The van der Waals surface area contributed by atoms with Gasteiger partial charge in [-0.15, -0.1) is 0 Å². The summed E-state index contributed by atoms with van der Waals surface area (Å²) in [5, 5.41) is 12.2. The maximum atomic E-state index is 12.9. The van der Waals surface area contributed by atoms with Crippen molar-refractivity contribution in [3.63, 3.8) is 0 Å². The smallest absolute Gasteiger partial charge is 0.251 e. The van der Waals surface area contributed by atoms with Gasteiger partial charge in [-0.25, -0.2) is 17.2 Å². The lowest BCUT2D eigenvalue weighted by molar-refractivity contribution is -0.127. The molecule has 1 amide bonds.